The van der Waals surface area contributed by atoms with Gasteiger partial charge in [0.05, 0.1) is 0 Å². The third-order valence-corrected chi connectivity index (χ3v) is 1.29. The molecule has 0 aliphatic rings. The molecule has 6 heteroatoms. The molecule has 0 bridgehead atoms. The molecular weight excluding hydrogens is 177 g/mol. The van der Waals surface area contributed by atoms with E-state index in [1.54, 1.807) is 0 Å². The molecule has 0 aromatic rings. The summed E-state index contributed by atoms with van der Waals surface area (Å²) in [5.41, 5.74) is 0. The van der Waals surface area contributed by atoms with Crippen molar-refractivity contribution >= 4 is 17.2 Å². The van der Waals surface area contributed by atoms with Crippen LogP contribution in [0.3, 0.4) is 0 Å². The number of hydrogen-bond acceptors (Lipinski definition) is 0. The zero-order valence-electron chi connectivity index (χ0n) is 2.97. The molecule has 0 saturated heterocycles. The Bertz CT molecular complexity index is 53.6. The molecule has 0 aliphatic heterocycles. The van der Waals surface area contributed by atoms with Crippen LogP contribution in [0.4, 0.5) is 19.7 Å². The van der Waals surface area contributed by atoms with E-state index < -0.39 is 22.0 Å². The van der Waals surface area contributed by atoms with Crippen LogP contribution in [0.25, 0.3) is 0 Å². The normalized spacial score (nSPS) is 11.6. The van der Waals surface area contributed by atoms with Crippen LogP contribution in [0.2, 0.25) is 0 Å². The van der Waals surface area contributed by atoms with E-state index in [4.69, 9.17) is 0 Å². The molecule has 0 nitrogen and oxygen atoms in total. The molecule has 0 atom stereocenters. The summed E-state index contributed by atoms with van der Waals surface area (Å²) < 4.78 is 47.6. The Morgan fingerprint density at radius 1 is 1.00 bits per heavy atom. The molecule has 0 radical (unpaired) electrons. The van der Waals surface area contributed by atoms with Crippen LogP contribution in [-0.4, -0.2) is 22.0 Å². The molecule has 0 saturated carbocycles. The van der Waals surface area contributed by atoms with Crippen molar-refractivity contribution in [3.05, 3.63) is 0 Å². The predicted molar refractivity (Wildman–Crippen MR) is 14.0 cm³/mol. The minimum absolute atomic E-state index is 5.15. The monoisotopic (exact) mass is 176 g/mol. The summed E-state index contributed by atoms with van der Waals surface area (Å²) in [7, 11) is 0. The van der Waals surface area contributed by atoms with Crippen molar-refractivity contribution < 1.29 is 19.7 Å². The molecule has 0 aromatic carbocycles. The molecular formula is CF5Ga. The van der Waals surface area contributed by atoms with Crippen LogP contribution in [0.5, 0.6) is 0 Å². The van der Waals surface area contributed by atoms with E-state index in [1.165, 1.54) is 0 Å². The minimum atomic E-state index is -5.76. The zero-order chi connectivity index (χ0) is 6.08. The van der Waals surface area contributed by atoms with Crippen molar-refractivity contribution in [2.24, 2.45) is 0 Å². The van der Waals surface area contributed by atoms with Crippen LogP contribution in [-0.2, 0) is 0 Å². The molecule has 42 valence electrons. The van der Waals surface area contributed by atoms with Gasteiger partial charge in [-0.05, 0) is 0 Å². The fraction of sp³-hybridized carbons (Fsp3) is 1.00. The maximum absolute atomic E-state index is 10.6. The Kier molecular flexibility index (Phi) is 2.12. The average Bonchev–Trinajstić information content (AvgIpc) is 1.31. The Morgan fingerprint density at radius 2 is 1.14 bits per heavy atom. The van der Waals surface area contributed by atoms with Gasteiger partial charge in [-0.15, -0.1) is 0 Å². The van der Waals surface area contributed by atoms with Gasteiger partial charge in [-0.1, -0.05) is 0 Å². The summed E-state index contributed by atoms with van der Waals surface area (Å²) in [6.07, 6.45) is 0. The van der Waals surface area contributed by atoms with E-state index in [0.29, 0.717) is 0 Å². The van der Waals surface area contributed by atoms with Crippen molar-refractivity contribution in [3.63, 3.8) is 0 Å². The second-order valence-electron chi connectivity index (χ2n) is 0.842. The molecule has 0 spiro atoms. The van der Waals surface area contributed by atoms with E-state index in [-0.39, 0.29) is 0 Å². The number of rotatable bonds is 0. The molecule has 0 N–H and O–H groups in total. The molecule has 7 heavy (non-hydrogen) atoms. The van der Waals surface area contributed by atoms with Crippen LogP contribution in [0.1, 0.15) is 0 Å². The van der Waals surface area contributed by atoms with Crippen LogP contribution >= 0.6 is 0 Å². The third-order valence-electron chi connectivity index (χ3n) is 0.247. The first kappa shape index (κ1) is 7.29. The summed E-state index contributed by atoms with van der Waals surface area (Å²) >= 11 is -5.76. The molecule has 0 heterocycles. The molecule has 0 amide bonds. The Morgan fingerprint density at radius 3 is 1.14 bits per heavy atom. The van der Waals surface area contributed by atoms with Gasteiger partial charge in [0.25, 0.3) is 0 Å². The van der Waals surface area contributed by atoms with Gasteiger partial charge >= 0.3 is 41.7 Å². The number of halogens is 5. The van der Waals surface area contributed by atoms with Crippen LogP contribution in [0, 0.1) is 0 Å². The second-order valence-corrected chi connectivity index (χ2v) is 3.48. The molecule has 0 aliphatic carbocycles. The summed E-state index contributed by atoms with van der Waals surface area (Å²) in [6.45, 7) is 0. The molecule has 0 rings (SSSR count). The van der Waals surface area contributed by atoms with Crippen molar-refractivity contribution in [1.29, 1.82) is 0 Å². The summed E-state index contributed by atoms with van der Waals surface area (Å²) in [6, 6.07) is 0. The van der Waals surface area contributed by atoms with E-state index in [0.717, 1.165) is 0 Å². The predicted octanol–water partition coefficient (Wildman–Crippen LogP) is 1.52. The van der Waals surface area contributed by atoms with Gasteiger partial charge in [0.2, 0.25) is 0 Å². The standard InChI is InChI=1S/CF3.2FH.Ga/c2-1(3)4;;;/h;2*1H;/q;;;+2/p-2. The summed E-state index contributed by atoms with van der Waals surface area (Å²) in [4.78, 5) is 0. The van der Waals surface area contributed by atoms with Gasteiger partial charge in [0, 0.05) is 0 Å². The van der Waals surface area contributed by atoms with Crippen molar-refractivity contribution in [3.8, 4) is 0 Å². The van der Waals surface area contributed by atoms with Gasteiger partial charge in [0.1, 0.15) is 0 Å². The Labute approximate surface area is 42.5 Å². The third kappa shape index (κ3) is 2.92. The maximum atomic E-state index is 10.6. The molecule has 0 unspecified atom stereocenters. The molecule has 0 aromatic heterocycles. The molecule has 0 fully saturated rings. The number of alkyl halides is 3. The SMILES string of the molecule is [F][Ga]([F])[C](F)(F)F. The van der Waals surface area contributed by atoms with Gasteiger partial charge in [-0.25, -0.2) is 0 Å². The van der Waals surface area contributed by atoms with Gasteiger partial charge in [0.15, 0.2) is 0 Å². The second kappa shape index (κ2) is 2.04. The fourth-order valence-electron chi connectivity index (χ4n) is 0. The van der Waals surface area contributed by atoms with E-state index >= 15 is 0 Å². The first-order valence-corrected chi connectivity index (χ1v) is 4.33. The van der Waals surface area contributed by atoms with Crippen molar-refractivity contribution in [1.82, 2.24) is 0 Å². The Hall–Kier alpha value is 0.286. The number of hydrogen-bond donors (Lipinski definition) is 0. The van der Waals surface area contributed by atoms with Crippen LogP contribution < -0.4 is 0 Å². The van der Waals surface area contributed by atoms with Crippen LogP contribution in [0.15, 0.2) is 0 Å². The van der Waals surface area contributed by atoms with Crippen molar-refractivity contribution in [2.45, 2.75) is 4.73 Å². The quantitative estimate of drug-likeness (QED) is 0.388. The first-order chi connectivity index (χ1) is 2.94. The van der Waals surface area contributed by atoms with E-state index in [9.17, 15) is 19.7 Å². The zero-order valence-corrected chi connectivity index (χ0v) is 5.39. The summed E-state index contributed by atoms with van der Waals surface area (Å²) in [5.74, 6) is 0. The average molecular weight is 177 g/mol. The van der Waals surface area contributed by atoms with E-state index in [2.05, 4.69) is 0 Å². The van der Waals surface area contributed by atoms with Gasteiger partial charge in [-0.2, -0.15) is 0 Å². The van der Waals surface area contributed by atoms with E-state index in [1.807, 2.05) is 0 Å². The van der Waals surface area contributed by atoms with Gasteiger partial charge in [-0.3, -0.25) is 0 Å². The van der Waals surface area contributed by atoms with Gasteiger partial charge < -0.3 is 0 Å². The Balaban J connectivity index is 3.54. The van der Waals surface area contributed by atoms with Crippen molar-refractivity contribution in [2.75, 3.05) is 0 Å². The topological polar surface area (TPSA) is 0 Å². The first-order valence-electron chi connectivity index (χ1n) is 1.29. The fourth-order valence-corrected chi connectivity index (χ4v) is 0. The summed E-state index contributed by atoms with van der Waals surface area (Å²) in [5, 5.41) is 0.